The molecule has 1 aromatic rings. The van der Waals surface area contributed by atoms with Crippen molar-refractivity contribution in [1.82, 2.24) is 15.0 Å². The molecule has 2 unspecified atom stereocenters. The Bertz CT molecular complexity index is 430. The zero-order chi connectivity index (χ0) is 14.3. The Morgan fingerprint density at radius 3 is 2.58 bits per heavy atom. The number of hydrogen-bond acceptors (Lipinski definition) is 7. The van der Waals surface area contributed by atoms with Gasteiger partial charge in [0, 0.05) is 35.4 Å². The number of rotatable bonds is 8. The Balaban J connectivity index is 2.78. The van der Waals surface area contributed by atoms with Crippen molar-refractivity contribution in [3.05, 3.63) is 0 Å². The van der Waals surface area contributed by atoms with Gasteiger partial charge < -0.3 is 15.4 Å². The summed E-state index contributed by atoms with van der Waals surface area (Å²) >= 11 is 0. The van der Waals surface area contributed by atoms with Crippen LogP contribution in [0.1, 0.15) is 20.3 Å². The standard InChI is InChI=1S/C11H21N5O2S/c1-5-6-12-9-14-10(16-11(15-9)18-3)13-8(2)7-19(4)17/h8H,5-7H2,1-4H3,(H2,12,13,14,15,16). The van der Waals surface area contributed by atoms with Gasteiger partial charge in [-0.3, -0.25) is 4.21 Å². The van der Waals surface area contributed by atoms with Crippen LogP contribution in [0.2, 0.25) is 0 Å². The first kappa shape index (κ1) is 15.6. The largest absolute Gasteiger partial charge is 0.467 e. The predicted molar refractivity (Wildman–Crippen MR) is 77.2 cm³/mol. The van der Waals surface area contributed by atoms with Crippen LogP contribution in [0.3, 0.4) is 0 Å². The van der Waals surface area contributed by atoms with Crippen LogP contribution in [0, 0.1) is 0 Å². The fourth-order valence-electron chi connectivity index (χ4n) is 1.44. The SMILES string of the molecule is CCCNc1nc(NC(C)CS(C)=O)nc(OC)n1. The molecular weight excluding hydrogens is 266 g/mol. The van der Waals surface area contributed by atoms with E-state index in [1.165, 1.54) is 7.11 Å². The molecule has 0 saturated carbocycles. The van der Waals surface area contributed by atoms with E-state index in [4.69, 9.17) is 4.74 Å². The van der Waals surface area contributed by atoms with E-state index in [-0.39, 0.29) is 12.1 Å². The van der Waals surface area contributed by atoms with Gasteiger partial charge in [0.15, 0.2) is 0 Å². The van der Waals surface area contributed by atoms with Gasteiger partial charge in [0.25, 0.3) is 0 Å². The smallest absolute Gasteiger partial charge is 0.322 e. The van der Waals surface area contributed by atoms with E-state index in [1.54, 1.807) is 6.26 Å². The van der Waals surface area contributed by atoms with Crippen molar-refractivity contribution < 1.29 is 8.95 Å². The lowest BCUT2D eigenvalue weighted by atomic mass is 10.4. The zero-order valence-corrected chi connectivity index (χ0v) is 12.6. The second kappa shape index (κ2) is 7.88. The van der Waals surface area contributed by atoms with E-state index >= 15 is 0 Å². The Morgan fingerprint density at radius 2 is 2.00 bits per heavy atom. The number of nitrogens with one attached hydrogen (secondary N) is 2. The minimum atomic E-state index is -0.867. The fourth-order valence-corrected chi connectivity index (χ4v) is 2.23. The molecule has 1 aromatic heterocycles. The van der Waals surface area contributed by atoms with Gasteiger partial charge in [-0.1, -0.05) is 6.92 Å². The maximum Gasteiger partial charge on any atom is 0.322 e. The molecule has 7 nitrogen and oxygen atoms in total. The number of anilines is 2. The Kier molecular flexibility index (Phi) is 6.48. The lowest BCUT2D eigenvalue weighted by molar-refractivity contribution is 0.379. The van der Waals surface area contributed by atoms with Crippen LogP contribution >= 0.6 is 0 Å². The Morgan fingerprint density at radius 1 is 1.32 bits per heavy atom. The van der Waals surface area contributed by atoms with Gasteiger partial charge in [-0.25, -0.2) is 0 Å². The Hall–Kier alpha value is -1.44. The number of hydrogen-bond donors (Lipinski definition) is 2. The molecule has 0 spiro atoms. The molecule has 0 aromatic carbocycles. The highest BCUT2D eigenvalue weighted by Gasteiger charge is 2.10. The third-order valence-corrected chi connectivity index (χ3v) is 3.16. The van der Waals surface area contributed by atoms with Gasteiger partial charge in [0.05, 0.1) is 7.11 Å². The van der Waals surface area contributed by atoms with Crippen LogP contribution in [0.15, 0.2) is 0 Å². The van der Waals surface area contributed by atoms with Crippen molar-refractivity contribution >= 4 is 22.7 Å². The summed E-state index contributed by atoms with van der Waals surface area (Å²) in [5, 5.41) is 6.17. The van der Waals surface area contributed by atoms with Crippen LogP contribution in [0.5, 0.6) is 6.01 Å². The molecule has 0 amide bonds. The minimum Gasteiger partial charge on any atom is -0.467 e. The molecule has 2 atom stereocenters. The molecule has 0 aliphatic heterocycles. The summed E-state index contributed by atoms with van der Waals surface area (Å²) in [7, 11) is 0.640. The average molecular weight is 287 g/mol. The molecule has 2 N–H and O–H groups in total. The summed E-state index contributed by atoms with van der Waals surface area (Å²) in [6, 6.07) is 0.262. The number of methoxy groups -OCH3 is 1. The molecule has 0 radical (unpaired) electrons. The molecule has 1 rings (SSSR count). The zero-order valence-electron chi connectivity index (χ0n) is 11.8. The highest BCUT2D eigenvalue weighted by atomic mass is 32.2. The monoisotopic (exact) mass is 287 g/mol. The van der Waals surface area contributed by atoms with E-state index in [9.17, 15) is 4.21 Å². The summed E-state index contributed by atoms with van der Waals surface area (Å²) in [5.41, 5.74) is 0. The first-order valence-electron chi connectivity index (χ1n) is 6.15. The predicted octanol–water partition coefficient (Wildman–Crippen LogP) is 0.881. The summed E-state index contributed by atoms with van der Waals surface area (Å²) in [4.78, 5) is 12.5. The van der Waals surface area contributed by atoms with Gasteiger partial charge >= 0.3 is 6.01 Å². The van der Waals surface area contributed by atoms with Crippen molar-refractivity contribution in [2.24, 2.45) is 0 Å². The van der Waals surface area contributed by atoms with Gasteiger partial charge in [-0.2, -0.15) is 15.0 Å². The minimum absolute atomic E-state index is 0.0111. The summed E-state index contributed by atoms with van der Waals surface area (Å²) in [6.45, 7) is 4.77. The van der Waals surface area contributed by atoms with Crippen LogP contribution in [0.4, 0.5) is 11.9 Å². The van der Waals surface area contributed by atoms with Gasteiger partial charge in [0.1, 0.15) is 0 Å². The maximum absolute atomic E-state index is 11.2. The van der Waals surface area contributed by atoms with Gasteiger partial charge in [-0.15, -0.1) is 0 Å². The molecule has 0 saturated heterocycles. The van der Waals surface area contributed by atoms with Crippen LogP contribution in [0.25, 0.3) is 0 Å². The molecule has 0 bridgehead atoms. The highest BCUT2D eigenvalue weighted by molar-refractivity contribution is 7.84. The fraction of sp³-hybridized carbons (Fsp3) is 0.727. The van der Waals surface area contributed by atoms with E-state index in [0.29, 0.717) is 17.6 Å². The second-order valence-electron chi connectivity index (χ2n) is 4.18. The van der Waals surface area contributed by atoms with E-state index in [1.807, 2.05) is 6.92 Å². The van der Waals surface area contributed by atoms with Crippen molar-refractivity contribution in [3.8, 4) is 6.01 Å². The highest BCUT2D eigenvalue weighted by Crippen LogP contribution is 2.11. The van der Waals surface area contributed by atoms with Crippen molar-refractivity contribution in [2.75, 3.05) is 36.3 Å². The summed E-state index contributed by atoms with van der Waals surface area (Å²) < 4.78 is 16.2. The van der Waals surface area contributed by atoms with Crippen LogP contribution in [-0.2, 0) is 10.8 Å². The molecule has 1 heterocycles. The lowest BCUT2D eigenvalue weighted by Gasteiger charge is -2.13. The van der Waals surface area contributed by atoms with E-state index < -0.39 is 10.8 Å². The molecule has 0 fully saturated rings. The van der Waals surface area contributed by atoms with Crippen LogP contribution < -0.4 is 15.4 Å². The molecule has 8 heteroatoms. The first-order valence-corrected chi connectivity index (χ1v) is 7.88. The van der Waals surface area contributed by atoms with Crippen LogP contribution in [-0.4, -0.2) is 50.9 Å². The van der Waals surface area contributed by atoms with Gasteiger partial charge in [-0.05, 0) is 13.3 Å². The topological polar surface area (TPSA) is 89.0 Å². The molecular formula is C11H21N5O2S. The van der Waals surface area contributed by atoms with Crippen molar-refractivity contribution in [3.63, 3.8) is 0 Å². The first-order chi connectivity index (χ1) is 9.05. The summed E-state index contributed by atoms with van der Waals surface area (Å²) in [5.74, 6) is 1.43. The third-order valence-electron chi connectivity index (χ3n) is 2.19. The molecule has 0 aliphatic rings. The number of aromatic nitrogens is 3. The lowest BCUT2D eigenvalue weighted by Crippen LogP contribution is -2.24. The van der Waals surface area contributed by atoms with Gasteiger partial charge in [0.2, 0.25) is 11.9 Å². The normalized spacial score (nSPS) is 13.7. The maximum atomic E-state index is 11.2. The quantitative estimate of drug-likeness (QED) is 0.733. The second-order valence-corrected chi connectivity index (χ2v) is 5.66. The average Bonchev–Trinajstić information content (AvgIpc) is 2.34. The summed E-state index contributed by atoms with van der Waals surface area (Å²) in [6.07, 6.45) is 2.64. The third kappa shape index (κ3) is 5.82. The number of nitrogens with zero attached hydrogens (tertiary/aromatic N) is 3. The molecule has 108 valence electrons. The number of ether oxygens (including phenoxy) is 1. The molecule has 19 heavy (non-hydrogen) atoms. The van der Waals surface area contributed by atoms with E-state index in [0.717, 1.165) is 13.0 Å². The Labute approximate surface area is 116 Å². The molecule has 0 aliphatic carbocycles. The van der Waals surface area contributed by atoms with Crippen molar-refractivity contribution in [1.29, 1.82) is 0 Å². The van der Waals surface area contributed by atoms with E-state index in [2.05, 4.69) is 32.5 Å². The van der Waals surface area contributed by atoms with Crippen molar-refractivity contribution in [2.45, 2.75) is 26.3 Å².